The van der Waals surface area contributed by atoms with E-state index in [-0.39, 0.29) is 22.7 Å². The Kier molecular flexibility index (Phi) is 15.3. The Morgan fingerprint density at radius 1 is 0.844 bits per heavy atom. The molecule has 0 amide bonds. The molecule has 8 nitrogen and oxygen atoms in total. The van der Waals surface area contributed by atoms with E-state index >= 15 is 0 Å². The first-order chi connectivity index (χ1) is 14.2. The van der Waals surface area contributed by atoms with Gasteiger partial charge in [-0.25, -0.2) is 0 Å². The van der Waals surface area contributed by atoms with Crippen molar-refractivity contribution < 1.29 is 28.8 Å². The van der Waals surface area contributed by atoms with Gasteiger partial charge in [-0.15, -0.1) is 0 Å². The third kappa shape index (κ3) is 14.3. The summed E-state index contributed by atoms with van der Waals surface area (Å²) >= 11 is 0. The minimum absolute atomic E-state index is 0.0283. The van der Waals surface area contributed by atoms with Gasteiger partial charge in [-0.1, -0.05) is 41.5 Å². The van der Waals surface area contributed by atoms with Gasteiger partial charge in [0.2, 0.25) is 0 Å². The van der Waals surface area contributed by atoms with Crippen molar-refractivity contribution >= 4 is 37.0 Å². The van der Waals surface area contributed by atoms with Crippen LogP contribution in [0, 0.1) is 0 Å². The zero-order chi connectivity index (χ0) is 26.0. The van der Waals surface area contributed by atoms with Crippen molar-refractivity contribution in [2.45, 2.75) is 104 Å². The van der Waals surface area contributed by atoms with Crippen LogP contribution in [0.25, 0.3) is 0 Å². The summed E-state index contributed by atoms with van der Waals surface area (Å²) in [6.07, 6.45) is 0.778. The lowest BCUT2D eigenvalue weighted by Gasteiger charge is -2.37. The second-order valence-electron chi connectivity index (χ2n) is 11.4. The molecule has 0 aromatic carbocycles. The van der Waals surface area contributed by atoms with Crippen LogP contribution < -0.4 is 10.5 Å². The van der Waals surface area contributed by atoms with Gasteiger partial charge in [-0.2, -0.15) is 0 Å². The summed E-state index contributed by atoms with van der Waals surface area (Å²) in [6, 6.07) is -0.636. The molecule has 190 valence electrons. The van der Waals surface area contributed by atoms with E-state index in [2.05, 4.69) is 78.2 Å². The molecule has 2 atom stereocenters. The Bertz CT molecular complexity index is 527. The summed E-state index contributed by atoms with van der Waals surface area (Å²) in [5.74, 6) is 0. The van der Waals surface area contributed by atoms with Crippen LogP contribution in [0.3, 0.4) is 0 Å². The molecular weight excluding hydrogens is 442 g/mol. The largest absolute Gasteiger partial charge is 0.437 e. The molecule has 0 unspecified atom stereocenters. The molecule has 0 aromatic rings. The van der Waals surface area contributed by atoms with E-state index in [0.717, 1.165) is 6.29 Å². The van der Waals surface area contributed by atoms with Gasteiger partial charge in [-0.3, -0.25) is 0 Å². The molecule has 0 heterocycles. The lowest BCUT2D eigenvalue weighted by Crippen LogP contribution is -2.49. The minimum atomic E-state index is -1.82. The zero-order valence-electron chi connectivity index (χ0n) is 22.6. The molecule has 12 heteroatoms. The van der Waals surface area contributed by atoms with Gasteiger partial charge in [0.1, 0.15) is 6.29 Å². The maximum atomic E-state index is 10.8. The van der Waals surface area contributed by atoms with Crippen LogP contribution in [0.5, 0.6) is 0 Å². The van der Waals surface area contributed by atoms with Crippen LogP contribution in [0.2, 0.25) is 49.9 Å². The van der Waals surface area contributed by atoms with Crippen LogP contribution in [0.4, 0.5) is 0 Å². The van der Waals surface area contributed by atoms with E-state index in [1.165, 1.54) is 0 Å². The van der Waals surface area contributed by atoms with E-state index in [9.17, 15) is 9.82 Å². The van der Waals surface area contributed by atoms with Gasteiger partial charge >= 0.3 is 14.1 Å². The number of nitrogens with one attached hydrogen (secondary N) is 2. The van der Waals surface area contributed by atoms with Crippen LogP contribution >= 0.6 is 0 Å². The van der Waals surface area contributed by atoms with E-state index < -0.39 is 36.8 Å². The SMILES string of the molecule is CB(O)N[C@@H](C=O)CO[Si](C)(C)C(C)(C)C.CB(O)N[C@@H](CO)CO[Si](C)(C)C(C)(C)C. The summed E-state index contributed by atoms with van der Waals surface area (Å²) in [4.78, 5) is 10.8. The first-order valence-corrected chi connectivity index (χ1v) is 17.2. The highest BCUT2D eigenvalue weighted by Crippen LogP contribution is 2.37. The highest BCUT2D eigenvalue weighted by Gasteiger charge is 2.38. The third-order valence-corrected chi connectivity index (χ3v) is 15.2. The number of aliphatic hydroxyl groups is 1. The summed E-state index contributed by atoms with van der Waals surface area (Å²) in [6.45, 7) is 25.5. The maximum absolute atomic E-state index is 10.8. The van der Waals surface area contributed by atoms with Crippen LogP contribution in [0.1, 0.15) is 41.5 Å². The molecule has 0 aliphatic carbocycles. The van der Waals surface area contributed by atoms with E-state index in [1.54, 1.807) is 13.6 Å². The van der Waals surface area contributed by atoms with E-state index in [0.29, 0.717) is 13.2 Å². The number of aliphatic hydroxyl groups excluding tert-OH is 1. The molecule has 0 bridgehead atoms. The van der Waals surface area contributed by atoms with Crippen molar-refractivity contribution in [1.82, 2.24) is 10.5 Å². The maximum Gasteiger partial charge on any atom is 0.374 e. The Balaban J connectivity index is 0. The summed E-state index contributed by atoms with van der Waals surface area (Å²) in [5.41, 5.74) is 0. The fourth-order valence-electron chi connectivity index (χ4n) is 1.97. The van der Waals surface area contributed by atoms with Gasteiger partial charge in [0, 0.05) is 6.04 Å². The number of rotatable bonds is 12. The second-order valence-corrected chi connectivity index (χ2v) is 21.1. The fraction of sp³-hybridized carbons (Fsp3) is 0.950. The van der Waals surface area contributed by atoms with E-state index in [4.69, 9.17) is 19.0 Å². The zero-order valence-corrected chi connectivity index (χ0v) is 24.6. The number of hydrogen-bond donors (Lipinski definition) is 5. The van der Waals surface area contributed by atoms with Gasteiger partial charge in [0.15, 0.2) is 16.6 Å². The molecule has 5 N–H and O–H groups in total. The van der Waals surface area contributed by atoms with Gasteiger partial charge in [0.25, 0.3) is 0 Å². The Morgan fingerprint density at radius 2 is 1.22 bits per heavy atom. The number of hydrogen-bond acceptors (Lipinski definition) is 8. The summed E-state index contributed by atoms with van der Waals surface area (Å²) < 4.78 is 11.8. The molecule has 0 radical (unpaired) electrons. The average Bonchev–Trinajstić information content (AvgIpc) is 2.60. The van der Waals surface area contributed by atoms with Crippen molar-refractivity contribution in [2.24, 2.45) is 0 Å². The van der Waals surface area contributed by atoms with Crippen LogP contribution in [-0.4, -0.2) is 84.1 Å². The first kappa shape index (κ1) is 34.1. The van der Waals surface area contributed by atoms with Gasteiger partial charge in [0.05, 0.1) is 25.9 Å². The van der Waals surface area contributed by atoms with Crippen LogP contribution in [-0.2, 0) is 13.6 Å². The van der Waals surface area contributed by atoms with E-state index in [1.807, 2.05) is 0 Å². The lowest BCUT2D eigenvalue weighted by atomic mass is 9.87. The van der Waals surface area contributed by atoms with Crippen molar-refractivity contribution in [3.8, 4) is 0 Å². The Hall–Kier alpha value is -0.0464. The van der Waals surface area contributed by atoms with Crippen molar-refractivity contribution in [3.05, 3.63) is 0 Å². The topological polar surface area (TPSA) is 120 Å². The van der Waals surface area contributed by atoms with Gasteiger partial charge in [-0.05, 0) is 49.9 Å². The minimum Gasteiger partial charge on any atom is -0.437 e. The van der Waals surface area contributed by atoms with Crippen molar-refractivity contribution in [3.63, 3.8) is 0 Å². The van der Waals surface area contributed by atoms with Crippen LogP contribution in [0.15, 0.2) is 0 Å². The second kappa shape index (κ2) is 14.4. The lowest BCUT2D eigenvalue weighted by molar-refractivity contribution is -0.109. The van der Waals surface area contributed by atoms with Crippen molar-refractivity contribution in [2.75, 3.05) is 19.8 Å². The molecule has 32 heavy (non-hydrogen) atoms. The monoisotopic (exact) mass is 492 g/mol. The molecular formula is C20H50B2N2O6Si2. The third-order valence-electron chi connectivity index (χ3n) is 6.20. The first-order valence-electron chi connectivity index (χ1n) is 11.4. The Labute approximate surface area is 199 Å². The predicted molar refractivity (Wildman–Crippen MR) is 141 cm³/mol. The molecule has 0 rings (SSSR count). The number of carbonyl (C=O) groups is 1. The number of carbonyl (C=O) groups excluding carboxylic acids is 1. The molecule has 0 saturated heterocycles. The molecule has 0 aliphatic heterocycles. The normalized spacial score (nSPS) is 14.8. The fourth-order valence-corrected chi connectivity index (χ4v) is 4.05. The smallest absolute Gasteiger partial charge is 0.374 e. The Morgan fingerprint density at radius 3 is 1.50 bits per heavy atom. The highest BCUT2D eigenvalue weighted by atomic mass is 28.4. The predicted octanol–water partition coefficient (Wildman–Crippen LogP) is 2.34. The molecule has 0 saturated carbocycles. The molecule has 0 aliphatic rings. The standard InChI is InChI=1S/C10H26BNO3Si.C10H24BNO3Si/c2*1-10(2,3)16(5,6)15-8-9(7-13)12-11(4)14/h9,12-14H,7-8H2,1-6H3;7,9,12,14H,8H2,1-6H3/t2*9-/m00/s1. The molecule has 0 aromatic heterocycles. The molecule has 0 spiro atoms. The molecule has 0 fully saturated rings. The number of aldehydes is 1. The van der Waals surface area contributed by atoms with Gasteiger partial charge < -0.3 is 39.3 Å². The summed E-state index contributed by atoms with van der Waals surface area (Å²) in [7, 11) is -4.90. The highest BCUT2D eigenvalue weighted by molar-refractivity contribution is 6.74. The average molecular weight is 492 g/mol. The van der Waals surface area contributed by atoms with Crippen molar-refractivity contribution in [1.29, 1.82) is 0 Å². The quantitative estimate of drug-likeness (QED) is 0.208. The summed E-state index contributed by atoms with van der Waals surface area (Å²) in [5, 5.41) is 33.3.